The van der Waals surface area contributed by atoms with Gasteiger partial charge < -0.3 is 4.90 Å². The van der Waals surface area contributed by atoms with Gasteiger partial charge in [0.2, 0.25) is 0 Å². The fourth-order valence-corrected chi connectivity index (χ4v) is 1.43. The Balaban J connectivity index is 3.06. The zero-order valence-corrected chi connectivity index (χ0v) is 10.5. The summed E-state index contributed by atoms with van der Waals surface area (Å²) in [7, 11) is 1.95. The van der Waals surface area contributed by atoms with Crippen LogP contribution in [0.1, 0.15) is 33.4 Å². The third-order valence-corrected chi connectivity index (χ3v) is 2.95. The lowest BCUT2D eigenvalue weighted by Gasteiger charge is -2.36. The first-order valence-corrected chi connectivity index (χ1v) is 5.32. The van der Waals surface area contributed by atoms with Crippen molar-refractivity contribution in [2.75, 3.05) is 11.9 Å². The third-order valence-electron chi connectivity index (χ3n) is 2.95. The highest BCUT2D eigenvalue weighted by Gasteiger charge is 2.26. The Morgan fingerprint density at radius 2 is 1.88 bits per heavy atom. The van der Waals surface area contributed by atoms with Crippen LogP contribution in [-0.4, -0.2) is 23.1 Å². The molecule has 0 bridgehead atoms. The van der Waals surface area contributed by atoms with Crippen LogP contribution in [0.2, 0.25) is 0 Å². The smallest absolute Gasteiger partial charge is 0.183 e. The molecular formula is C12H18N4. The molecule has 16 heavy (non-hydrogen) atoms. The number of hydrogen-bond donors (Lipinski definition) is 0. The van der Waals surface area contributed by atoms with Gasteiger partial charge in [-0.1, -0.05) is 20.8 Å². The molecule has 1 heterocycles. The summed E-state index contributed by atoms with van der Waals surface area (Å²) in [6.07, 6.45) is 3.15. The molecule has 0 N–H and O–H groups in total. The molecule has 1 unspecified atom stereocenters. The van der Waals surface area contributed by atoms with Crippen molar-refractivity contribution in [3.63, 3.8) is 0 Å². The summed E-state index contributed by atoms with van der Waals surface area (Å²) in [6, 6.07) is 2.34. The first-order chi connectivity index (χ1) is 7.38. The fourth-order valence-electron chi connectivity index (χ4n) is 1.43. The van der Waals surface area contributed by atoms with Gasteiger partial charge in [-0.2, -0.15) is 5.26 Å². The van der Waals surface area contributed by atoms with E-state index in [2.05, 4.69) is 43.7 Å². The van der Waals surface area contributed by atoms with Gasteiger partial charge in [0.15, 0.2) is 11.5 Å². The van der Waals surface area contributed by atoms with Crippen molar-refractivity contribution >= 4 is 5.82 Å². The standard InChI is InChI=1S/C12H18N4/c1-9(12(2,3)4)16(5)11-10(8-13)14-6-7-15-11/h6-7,9H,1-5H3. The predicted molar refractivity (Wildman–Crippen MR) is 64.1 cm³/mol. The van der Waals surface area contributed by atoms with E-state index in [-0.39, 0.29) is 11.5 Å². The van der Waals surface area contributed by atoms with E-state index >= 15 is 0 Å². The van der Waals surface area contributed by atoms with Crippen molar-refractivity contribution < 1.29 is 0 Å². The first-order valence-electron chi connectivity index (χ1n) is 5.32. The summed E-state index contributed by atoms with van der Waals surface area (Å²) in [5.74, 6) is 0.646. The SMILES string of the molecule is CC(N(C)c1nccnc1C#N)C(C)(C)C. The zero-order valence-electron chi connectivity index (χ0n) is 10.5. The number of nitrogens with zero attached hydrogens (tertiary/aromatic N) is 4. The molecule has 0 amide bonds. The summed E-state index contributed by atoms with van der Waals surface area (Å²) in [5.41, 5.74) is 0.500. The molecule has 0 aliphatic carbocycles. The van der Waals surface area contributed by atoms with Gasteiger partial charge in [0, 0.05) is 25.5 Å². The highest BCUT2D eigenvalue weighted by molar-refractivity contribution is 5.49. The maximum atomic E-state index is 8.97. The van der Waals surface area contributed by atoms with Gasteiger partial charge in [-0.15, -0.1) is 0 Å². The molecule has 0 aromatic carbocycles. The molecule has 0 spiro atoms. The normalized spacial score (nSPS) is 13.0. The van der Waals surface area contributed by atoms with Crippen LogP contribution in [-0.2, 0) is 0 Å². The Morgan fingerprint density at radius 3 is 2.38 bits per heavy atom. The molecular weight excluding hydrogens is 200 g/mol. The Bertz CT molecular complexity index is 400. The van der Waals surface area contributed by atoms with Crippen molar-refractivity contribution in [1.82, 2.24) is 9.97 Å². The molecule has 86 valence electrons. The van der Waals surface area contributed by atoms with Gasteiger partial charge in [0.05, 0.1) is 0 Å². The van der Waals surface area contributed by atoms with E-state index < -0.39 is 0 Å². The third kappa shape index (κ3) is 2.48. The number of nitriles is 1. The minimum atomic E-state index is 0.124. The lowest BCUT2D eigenvalue weighted by atomic mass is 9.87. The summed E-state index contributed by atoms with van der Waals surface area (Å²) < 4.78 is 0. The van der Waals surface area contributed by atoms with Crippen molar-refractivity contribution in [1.29, 1.82) is 5.26 Å². The minimum absolute atomic E-state index is 0.124. The zero-order chi connectivity index (χ0) is 12.3. The molecule has 0 saturated heterocycles. The molecule has 0 aliphatic heterocycles. The molecule has 0 aliphatic rings. The Labute approximate surface area is 96.9 Å². The molecule has 1 aromatic rings. The van der Waals surface area contributed by atoms with Crippen LogP contribution in [0, 0.1) is 16.7 Å². The second-order valence-electron chi connectivity index (χ2n) is 4.99. The van der Waals surface area contributed by atoms with Crippen molar-refractivity contribution in [3.05, 3.63) is 18.1 Å². The van der Waals surface area contributed by atoms with Crippen molar-refractivity contribution in [2.45, 2.75) is 33.7 Å². The lowest BCUT2D eigenvalue weighted by molar-refractivity contribution is 0.328. The molecule has 4 heteroatoms. The van der Waals surface area contributed by atoms with Crippen LogP contribution < -0.4 is 4.90 Å². The molecule has 1 rings (SSSR count). The van der Waals surface area contributed by atoms with Gasteiger partial charge in [0.25, 0.3) is 0 Å². The predicted octanol–water partition coefficient (Wildman–Crippen LogP) is 2.22. The molecule has 0 saturated carbocycles. The monoisotopic (exact) mass is 218 g/mol. The van der Waals surface area contributed by atoms with E-state index in [1.165, 1.54) is 6.20 Å². The van der Waals surface area contributed by atoms with Crippen LogP contribution >= 0.6 is 0 Å². The van der Waals surface area contributed by atoms with Crippen molar-refractivity contribution in [3.8, 4) is 6.07 Å². The van der Waals surface area contributed by atoms with E-state index in [1.54, 1.807) is 6.20 Å². The minimum Gasteiger partial charge on any atom is -0.354 e. The lowest BCUT2D eigenvalue weighted by Crippen LogP contribution is -2.40. The van der Waals surface area contributed by atoms with E-state index in [0.29, 0.717) is 11.5 Å². The molecule has 0 fully saturated rings. The van der Waals surface area contributed by atoms with Crippen LogP contribution in [0.4, 0.5) is 5.82 Å². The Hall–Kier alpha value is -1.63. The van der Waals surface area contributed by atoms with Crippen molar-refractivity contribution in [2.24, 2.45) is 5.41 Å². The van der Waals surface area contributed by atoms with Gasteiger partial charge in [-0.25, -0.2) is 9.97 Å². The largest absolute Gasteiger partial charge is 0.354 e. The number of aromatic nitrogens is 2. The van der Waals surface area contributed by atoms with E-state index in [1.807, 2.05) is 11.9 Å². The number of hydrogen-bond acceptors (Lipinski definition) is 4. The van der Waals surface area contributed by atoms with E-state index in [0.717, 1.165) is 0 Å². The molecule has 1 aromatic heterocycles. The number of anilines is 1. The Morgan fingerprint density at radius 1 is 1.31 bits per heavy atom. The first kappa shape index (κ1) is 12.4. The van der Waals surface area contributed by atoms with Gasteiger partial charge in [-0.05, 0) is 12.3 Å². The fraction of sp³-hybridized carbons (Fsp3) is 0.583. The quantitative estimate of drug-likeness (QED) is 0.763. The van der Waals surface area contributed by atoms with Gasteiger partial charge >= 0.3 is 0 Å². The average Bonchev–Trinajstić information content (AvgIpc) is 2.25. The second kappa shape index (κ2) is 4.48. The highest BCUT2D eigenvalue weighted by Crippen LogP contribution is 2.26. The number of rotatable bonds is 2. The maximum Gasteiger partial charge on any atom is 0.183 e. The molecule has 4 nitrogen and oxygen atoms in total. The van der Waals surface area contributed by atoms with Crippen LogP contribution in [0.25, 0.3) is 0 Å². The van der Waals surface area contributed by atoms with Gasteiger partial charge in [-0.3, -0.25) is 0 Å². The van der Waals surface area contributed by atoms with E-state index in [4.69, 9.17) is 5.26 Å². The highest BCUT2D eigenvalue weighted by atomic mass is 15.2. The summed E-state index contributed by atoms with van der Waals surface area (Å²) in [4.78, 5) is 10.2. The summed E-state index contributed by atoms with van der Waals surface area (Å²) in [5, 5.41) is 8.97. The average molecular weight is 218 g/mol. The molecule has 0 radical (unpaired) electrons. The van der Waals surface area contributed by atoms with E-state index in [9.17, 15) is 0 Å². The summed E-state index contributed by atoms with van der Waals surface area (Å²) in [6.45, 7) is 8.61. The molecule has 1 atom stereocenters. The van der Waals surface area contributed by atoms with Crippen LogP contribution in [0.3, 0.4) is 0 Å². The Kier molecular flexibility index (Phi) is 3.48. The topological polar surface area (TPSA) is 52.8 Å². The maximum absolute atomic E-state index is 8.97. The summed E-state index contributed by atoms with van der Waals surface area (Å²) >= 11 is 0. The van der Waals surface area contributed by atoms with Gasteiger partial charge in [0.1, 0.15) is 6.07 Å². The second-order valence-corrected chi connectivity index (χ2v) is 4.99. The van der Waals surface area contributed by atoms with Crippen LogP contribution in [0.5, 0.6) is 0 Å². The van der Waals surface area contributed by atoms with Crippen LogP contribution in [0.15, 0.2) is 12.4 Å².